The van der Waals surface area contributed by atoms with Crippen LogP contribution in [0.3, 0.4) is 0 Å². The molecule has 3 aliphatic rings. The van der Waals surface area contributed by atoms with Crippen LogP contribution in [0.4, 0.5) is 0 Å². The van der Waals surface area contributed by atoms with E-state index < -0.39 is 46.9 Å². The fourth-order valence-electron chi connectivity index (χ4n) is 6.68. The Morgan fingerprint density at radius 2 is 1.86 bits per heavy atom. The van der Waals surface area contributed by atoms with Crippen LogP contribution in [0.1, 0.15) is 39.7 Å². The smallest absolute Gasteiger partial charge is 0.303 e. The quantitative estimate of drug-likeness (QED) is 0.428. The molecule has 1 saturated heterocycles. The molecule has 2 aliphatic carbocycles. The number of allylic oxidation sites excluding steroid dienone is 1. The molecule has 2 fully saturated rings. The van der Waals surface area contributed by atoms with Gasteiger partial charge in [0.2, 0.25) is 5.91 Å². The van der Waals surface area contributed by atoms with Gasteiger partial charge in [0.1, 0.15) is 17.1 Å². The van der Waals surface area contributed by atoms with Gasteiger partial charge < -0.3 is 20.3 Å². The molecule has 1 unspecified atom stereocenters. The van der Waals surface area contributed by atoms with E-state index in [1.54, 1.807) is 19.1 Å². The van der Waals surface area contributed by atoms with Gasteiger partial charge in [-0.15, -0.1) is 0 Å². The van der Waals surface area contributed by atoms with Crippen molar-refractivity contribution in [1.82, 2.24) is 5.32 Å². The molecule has 1 aromatic rings. The van der Waals surface area contributed by atoms with Crippen LogP contribution in [-0.2, 0) is 25.5 Å². The second kappa shape index (κ2) is 10.0. The van der Waals surface area contributed by atoms with Crippen molar-refractivity contribution >= 4 is 17.7 Å². The number of aliphatic hydroxyl groups excluding tert-OH is 1. The molecule has 1 saturated carbocycles. The van der Waals surface area contributed by atoms with Gasteiger partial charge in [-0.2, -0.15) is 0 Å². The number of carbonyl (C=O) groups is 3. The highest BCUT2D eigenvalue weighted by atomic mass is 16.5. The molecule has 1 amide bonds. The number of carbonyl (C=O) groups excluding carboxylic acids is 3. The molecule has 1 aliphatic heterocycles. The summed E-state index contributed by atoms with van der Waals surface area (Å²) in [5.41, 5.74) is -1.55. The van der Waals surface area contributed by atoms with E-state index in [0.717, 1.165) is 5.56 Å². The largest absolute Gasteiger partial charge is 0.457 e. The van der Waals surface area contributed by atoms with Gasteiger partial charge in [0, 0.05) is 30.7 Å². The molecular formula is C30H37NO6. The van der Waals surface area contributed by atoms with Crippen molar-refractivity contribution in [2.24, 2.45) is 29.1 Å². The molecule has 0 aromatic heterocycles. The molecule has 0 bridgehead atoms. The molecule has 7 nitrogen and oxygen atoms in total. The van der Waals surface area contributed by atoms with Gasteiger partial charge in [-0.05, 0) is 49.0 Å². The Morgan fingerprint density at radius 3 is 2.51 bits per heavy atom. The molecule has 37 heavy (non-hydrogen) atoms. The van der Waals surface area contributed by atoms with Crippen LogP contribution in [0, 0.1) is 29.1 Å². The summed E-state index contributed by atoms with van der Waals surface area (Å²) in [6, 6.07) is 9.49. The highest BCUT2D eigenvalue weighted by Crippen LogP contribution is 2.58. The minimum atomic E-state index is -1.82. The third kappa shape index (κ3) is 4.59. The summed E-state index contributed by atoms with van der Waals surface area (Å²) in [5.74, 6) is -3.26. The highest BCUT2D eigenvalue weighted by Gasteiger charge is 2.68. The normalized spacial score (nSPS) is 41.6. The topological polar surface area (TPSA) is 113 Å². The first kappa shape index (κ1) is 27.0. The maximum Gasteiger partial charge on any atom is 0.303 e. The first-order chi connectivity index (χ1) is 17.4. The summed E-state index contributed by atoms with van der Waals surface area (Å²) in [6.07, 6.45) is 5.01. The van der Waals surface area contributed by atoms with E-state index >= 15 is 0 Å². The number of ether oxygens (including phenoxy) is 1. The Balaban J connectivity index is 1.94. The second-order valence-corrected chi connectivity index (χ2v) is 11.0. The van der Waals surface area contributed by atoms with E-state index in [9.17, 15) is 24.6 Å². The lowest BCUT2D eigenvalue weighted by Crippen LogP contribution is -2.60. The van der Waals surface area contributed by atoms with Crippen molar-refractivity contribution < 1.29 is 29.3 Å². The van der Waals surface area contributed by atoms with Crippen LogP contribution < -0.4 is 5.32 Å². The highest BCUT2D eigenvalue weighted by molar-refractivity contribution is 5.91. The van der Waals surface area contributed by atoms with Gasteiger partial charge in [0.05, 0.1) is 6.10 Å². The number of ketones is 1. The summed E-state index contributed by atoms with van der Waals surface area (Å²) in [5, 5.41) is 25.7. The van der Waals surface area contributed by atoms with Crippen molar-refractivity contribution in [3.05, 3.63) is 72.4 Å². The molecule has 9 atom stereocenters. The van der Waals surface area contributed by atoms with E-state index in [2.05, 4.69) is 11.9 Å². The summed E-state index contributed by atoms with van der Waals surface area (Å²) >= 11 is 0. The van der Waals surface area contributed by atoms with Crippen molar-refractivity contribution in [1.29, 1.82) is 0 Å². The van der Waals surface area contributed by atoms with Crippen LogP contribution in [-0.4, -0.2) is 51.7 Å². The fourth-order valence-corrected chi connectivity index (χ4v) is 6.68. The fraction of sp³-hybridized carbons (Fsp3) is 0.500. The van der Waals surface area contributed by atoms with Gasteiger partial charge in [0.15, 0.2) is 5.78 Å². The van der Waals surface area contributed by atoms with Gasteiger partial charge in [-0.1, -0.05) is 62.9 Å². The average molecular weight is 508 g/mol. The number of aliphatic hydroxyl groups is 2. The van der Waals surface area contributed by atoms with Crippen LogP contribution in [0.15, 0.2) is 66.8 Å². The Hall–Kier alpha value is -3.03. The molecule has 7 heteroatoms. The molecule has 198 valence electrons. The van der Waals surface area contributed by atoms with Gasteiger partial charge in [0.25, 0.3) is 0 Å². The van der Waals surface area contributed by atoms with Crippen LogP contribution in [0.2, 0.25) is 0 Å². The number of nitrogens with one attached hydrogen (secondary N) is 1. The minimum Gasteiger partial charge on any atom is -0.457 e. The number of rotatable bonds is 3. The first-order valence-corrected chi connectivity index (χ1v) is 12.9. The predicted molar refractivity (Wildman–Crippen MR) is 139 cm³/mol. The maximum atomic E-state index is 14.2. The zero-order valence-electron chi connectivity index (χ0n) is 21.9. The summed E-state index contributed by atoms with van der Waals surface area (Å²) in [4.78, 5) is 39.5. The number of hydrogen-bond acceptors (Lipinski definition) is 6. The number of amides is 1. The second-order valence-electron chi connectivity index (χ2n) is 11.0. The lowest BCUT2D eigenvalue weighted by atomic mass is 9.51. The Kier molecular flexibility index (Phi) is 7.32. The number of Topliss-reactive ketones (excluding diaryl/α,β-unsaturated/α-hetero) is 1. The van der Waals surface area contributed by atoms with Crippen molar-refractivity contribution in [3.8, 4) is 0 Å². The zero-order valence-corrected chi connectivity index (χ0v) is 21.9. The van der Waals surface area contributed by atoms with E-state index in [4.69, 9.17) is 4.74 Å². The Bertz CT molecular complexity index is 1140. The third-order valence-corrected chi connectivity index (χ3v) is 8.53. The summed E-state index contributed by atoms with van der Waals surface area (Å²) in [7, 11) is 0. The molecule has 0 radical (unpaired) electrons. The molecular weight excluding hydrogens is 470 g/mol. The number of hydrogen-bond donors (Lipinski definition) is 3. The SMILES string of the molecule is C=C1[C@@H](C)[C@H]2[C@H](Cc3ccccc3)NC(=O)[C@]23C(OC(C)=O)/C=C/[C@@](C)(O)C(=O)[C@@H](C)C/C=C/[C@H]3[C@@H]1O. The molecule has 1 spiro atoms. The van der Waals surface area contributed by atoms with Crippen LogP contribution in [0.25, 0.3) is 0 Å². The predicted octanol–water partition coefficient (Wildman–Crippen LogP) is 2.92. The number of esters is 1. The zero-order chi connectivity index (χ0) is 27.1. The van der Waals surface area contributed by atoms with Crippen molar-refractivity contribution in [3.63, 3.8) is 0 Å². The Morgan fingerprint density at radius 1 is 1.19 bits per heavy atom. The third-order valence-electron chi connectivity index (χ3n) is 8.53. The van der Waals surface area contributed by atoms with Gasteiger partial charge >= 0.3 is 5.97 Å². The van der Waals surface area contributed by atoms with E-state index in [0.29, 0.717) is 18.4 Å². The lowest BCUT2D eigenvalue weighted by molar-refractivity contribution is -0.166. The Labute approximate surface area is 218 Å². The van der Waals surface area contributed by atoms with Gasteiger partial charge in [-0.25, -0.2) is 0 Å². The monoisotopic (exact) mass is 507 g/mol. The van der Waals surface area contributed by atoms with E-state index in [1.165, 1.54) is 26.0 Å². The minimum absolute atomic E-state index is 0.287. The van der Waals surface area contributed by atoms with Crippen molar-refractivity contribution in [2.45, 2.75) is 64.4 Å². The van der Waals surface area contributed by atoms with E-state index in [-0.39, 0.29) is 23.7 Å². The lowest BCUT2D eigenvalue weighted by Gasteiger charge is -2.52. The molecule has 4 rings (SSSR count). The first-order valence-electron chi connectivity index (χ1n) is 12.9. The summed E-state index contributed by atoms with van der Waals surface area (Å²) in [6.45, 7) is 10.5. The van der Waals surface area contributed by atoms with Crippen molar-refractivity contribution in [2.75, 3.05) is 0 Å². The maximum absolute atomic E-state index is 14.2. The average Bonchev–Trinajstić information content (AvgIpc) is 3.13. The van der Waals surface area contributed by atoms with Crippen LogP contribution in [0.5, 0.6) is 0 Å². The number of benzene rings is 1. The molecule has 1 aromatic carbocycles. The molecule has 3 N–H and O–H groups in total. The molecule has 1 heterocycles. The summed E-state index contributed by atoms with van der Waals surface area (Å²) < 4.78 is 5.81. The standard InChI is InChI=1S/C30H37NO6/c1-17-10-9-13-22-26(33)19(3)18(2)25-23(16-21-11-7-6-8-12-21)31-28(35)30(22,25)24(37-20(4)32)14-15-29(5,36)27(17)34/h6-9,11-15,17-18,22-26,33,36H,3,10,16H2,1-2,4-5H3,(H,31,35)/b13-9+,15-14+/t17-,18+,22-,23-,24?,25-,26+,29+,30+/m0/s1. The van der Waals surface area contributed by atoms with Gasteiger partial charge in [-0.3, -0.25) is 14.4 Å². The van der Waals surface area contributed by atoms with Crippen LogP contribution >= 0.6 is 0 Å². The van der Waals surface area contributed by atoms with E-state index in [1.807, 2.05) is 37.3 Å².